The van der Waals surface area contributed by atoms with E-state index in [1.807, 2.05) is 0 Å². The van der Waals surface area contributed by atoms with Gasteiger partial charge in [0.25, 0.3) is 0 Å². The van der Waals surface area contributed by atoms with Crippen LogP contribution in [0.15, 0.2) is 0 Å². The zero-order valence-corrected chi connectivity index (χ0v) is 13.2. The zero-order valence-electron chi connectivity index (χ0n) is 5.16. The molecular formula is C4H9I3OTi-. The van der Waals surface area contributed by atoms with Crippen molar-refractivity contribution in [2.45, 2.75) is 19.8 Å². The molecule has 0 aliphatic heterocycles. The second kappa shape index (κ2) is 17.1. The molecule has 57 valence electrons. The first-order chi connectivity index (χ1) is 4.33. The summed E-state index contributed by atoms with van der Waals surface area (Å²) in [6.07, 6.45) is 2.42. The normalized spacial score (nSPS) is 8.22. The zero-order chi connectivity index (χ0) is 7.54. The fourth-order valence-electron chi connectivity index (χ4n) is 0.217. The Labute approximate surface area is 98.9 Å². The van der Waals surface area contributed by atoms with Crippen molar-refractivity contribution in [2.24, 2.45) is 0 Å². The second-order valence-electron chi connectivity index (χ2n) is 1.26. The summed E-state index contributed by atoms with van der Waals surface area (Å²) in [5, 5.41) is 0. The average molecular weight is 502 g/mol. The Morgan fingerprint density at radius 1 is 1.56 bits per heavy atom. The molecule has 0 radical (unpaired) electrons. The Morgan fingerprint density at radius 2 is 2.00 bits per heavy atom. The summed E-state index contributed by atoms with van der Waals surface area (Å²) in [7, 11) is 0. The standard InChI is InChI=1S/C4H9O.I3.Ti/c1-2-3-4-5;1-3-2;/h2-4H2,1H3;;/q2*-1;+1. The first-order valence-electron chi connectivity index (χ1n) is 2.49. The van der Waals surface area contributed by atoms with E-state index in [0.29, 0.717) is 13.3 Å². The molecule has 1 nitrogen and oxygen atoms in total. The molecule has 0 atom stereocenters. The summed E-state index contributed by atoms with van der Waals surface area (Å²) in [5.41, 5.74) is 0. The fraction of sp³-hybridized carbons (Fsp3) is 1.00. The number of hydrogen-bond acceptors (Lipinski definition) is 1. The van der Waals surface area contributed by atoms with E-state index in [2.05, 4.69) is 44.2 Å². The predicted octanol–water partition coefficient (Wildman–Crippen LogP) is 0.0403. The molecule has 0 spiro atoms. The van der Waals surface area contributed by atoms with Crippen molar-refractivity contribution in [1.29, 1.82) is 0 Å². The van der Waals surface area contributed by atoms with Crippen molar-refractivity contribution in [3.63, 3.8) is 0 Å². The predicted molar refractivity (Wildman–Crippen MR) is 48.9 cm³/mol. The van der Waals surface area contributed by atoms with Gasteiger partial charge < -0.3 is 0 Å². The van der Waals surface area contributed by atoms with Crippen LogP contribution in [0.2, 0.25) is 0 Å². The molecule has 0 bridgehead atoms. The third kappa shape index (κ3) is 24.8. The number of rotatable bonds is 3. The van der Waals surface area contributed by atoms with Crippen molar-refractivity contribution >= 4 is 37.2 Å². The Balaban J connectivity index is 0. The van der Waals surface area contributed by atoms with Gasteiger partial charge in [-0.05, 0) is 0 Å². The van der Waals surface area contributed by atoms with E-state index in [1.54, 1.807) is 20.8 Å². The van der Waals surface area contributed by atoms with Crippen LogP contribution < -0.4 is 13.3 Å². The Hall–Kier alpha value is 2.86. The van der Waals surface area contributed by atoms with E-state index in [4.69, 9.17) is 3.32 Å². The molecule has 0 saturated carbocycles. The molecule has 0 fully saturated rings. The van der Waals surface area contributed by atoms with Gasteiger partial charge in [0.2, 0.25) is 0 Å². The average Bonchev–Trinajstić information content (AvgIpc) is 1.86. The first-order valence-corrected chi connectivity index (χ1v) is 15.7. The van der Waals surface area contributed by atoms with E-state index in [0.717, 1.165) is 6.61 Å². The van der Waals surface area contributed by atoms with Crippen LogP contribution in [0.25, 0.3) is 0 Å². The molecule has 0 aliphatic rings. The van der Waals surface area contributed by atoms with Crippen LogP contribution in [-0.4, -0.2) is 6.61 Å². The molecule has 0 N–H and O–H groups in total. The van der Waals surface area contributed by atoms with Crippen molar-refractivity contribution in [1.82, 2.24) is 0 Å². The van der Waals surface area contributed by atoms with Crippen LogP contribution >= 0.6 is 37.2 Å². The molecule has 0 aromatic carbocycles. The molecule has 9 heavy (non-hydrogen) atoms. The summed E-state index contributed by atoms with van der Waals surface area (Å²) in [6.45, 7) is 3.07. The van der Waals surface area contributed by atoms with Crippen LogP contribution in [0, 0.1) is 0 Å². The summed E-state index contributed by atoms with van der Waals surface area (Å²) < 4.78 is 4.78. The van der Waals surface area contributed by atoms with Crippen LogP contribution in [-0.2, 0) is 24.1 Å². The van der Waals surface area contributed by atoms with Crippen molar-refractivity contribution in [3.8, 4) is 0 Å². The van der Waals surface area contributed by atoms with E-state index < -0.39 is 0 Å². The third-order valence-corrected chi connectivity index (χ3v) is 0.919. The molecule has 0 rings (SSSR count). The van der Waals surface area contributed by atoms with E-state index in [9.17, 15) is 0 Å². The van der Waals surface area contributed by atoms with Gasteiger partial charge in [-0.3, -0.25) is 0 Å². The van der Waals surface area contributed by atoms with Gasteiger partial charge in [-0.2, -0.15) is 0 Å². The minimum absolute atomic E-state index is 0.530. The van der Waals surface area contributed by atoms with Crippen molar-refractivity contribution < 1.29 is 37.4 Å². The Kier molecular flexibility index (Phi) is 27.3. The van der Waals surface area contributed by atoms with Gasteiger partial charge in [-0.1, -0.05) is 0 Å². The van der Waals surface area contributed by atoms with E-state index in [1.165, 1.54) is 12.8 Å². The van der Waals surface area contributed by atoms with Crippen LogP contribution in [0.4, 0.5) is 0 Å². The van der Waals surface area contributed by atoms with Crippen LogP contribution in [0.1, 0.15) is 19.8 Å². The molecule has 0 amide bonds. The monoisotopic (exact) mass is 502 g/mol. The number of halogens is 3. The molecule has 0 unspecified atom stereocenters. The number of hydrogen-bond donors (Lipinski definition) is 0. The molecule has 0 aromatic rings. The van der Waals surface area contributed by atoms with Gasteiger partial charge in [-0.15, -0.1) is 0 Å². The maximum atomic E-state index is 4.78. The molecule has 0 heterocycles. The van der Waals surface area contributed by atoms with Gasteiger partial charge in [0.15, 0.2) is 0 Å². The van der Waals surface area contributed by atoms with Gasteiger partial charge in [-0.25, -0.2) is 0 Å². The topological polar surface area (TPSA) is 9.23 Å². The van der Waals surface area contributed by atoms with Gasteiger partial charge in [0, 0.05) is 0 Å². The second-order valence-corrected chi connectivity index (χ2v) is 18.0. The number of unbranched alkanes of at least 4 members (excludes halogenated alkanes) is 1. The minimum atomic E-state index is 0.530. The first kappa shape index (κ1) is 14.4. The molecule has 0 saturated heterocycles. The maximum absolute atomic E-state index is 4.78. The molecule has 0 aliphatic carbocycles. The summed E-state index contributed by atoms with van der Waals surface area (Å²) in [6, 6.07) is 0. The summed E-state index contributed by atoms with van der Waals surface area (Å²) in [4.78, 5) is 0. The summed E-state index contributed by atoms with van der Waals surface area (Å²) in [5.74, 6) is 0. The molecule has 0 aromatic heterocycles. The van der Waals surface area contributed by atoms with Crippen molar-refractivity contribution in [3.05, 3.63) is 0 Å². The Morgan fingerprint density at radius 3 is 2.11 bits per heavy atom. The van der Waals surface area contributed by atoms with Crippen molar-refractivity contribution in [2.75, 3.05) is 6.61 Å². The third-order valence-electron chi connectivity index (χ3n) is 0.600. The van der Waals surface area contributed by atoms with Crippen LogP contribution in [0.5, 0.6) is 0 Å². The van der Waals surface area contributed by atoms with E-state index in [-0.39, 0.29) is 0 Å². The molecular weight excluding hydrogens is 493 g/mol. The SMILES string of the molecule is CCCC[O][Ti].I[I-]I. The molecule has 5 heteroatoms. The van der Waals surface area contributed by atoms with E-state index >= 15 is 0 Å². The summed E-state index contributed by atoms with van der Waals surface area (Å²) >= 11 is 7.03. The fourth-order valence-corrected chi connectivity index (χ4v) is 0.442. The van der Waals surface area contributed by atoms with Crippen LogP contribution in [0.3, 0.4) is 0 Å². The van der Waals surface area contributed by atoms with Gasteiger partial charge >= 0.3 is 101 Å². The quantitative estimate of drug-likeness (QED) is 0.302. The van der Waals surface area contributed by atoms with Gasteiger partial charge in [0.05, 0.1) is 0 Å². The Bertz CT molecular complexity index is 35.0. The van der Waals surface area contributed by atoms with Gasteiger partial charge in [0.1, 0.15) is 0 Å².